The molecule has 0 spiro atoms. The van der Waals surface area contributed by atoms with Crippen LogP contribution in [0.25, 0.3) is 0 Å². The Bertz CT molecular complexity index is 161. The lowest BCUT2D eigenvalue weighted by Gasteiger charge is -1.95. The van der Waals surface area contributed by atoms with Crippen LogP contribution in [0.3, 0.4) is 0 Å². The van der Waals surface area contributed by atoms with Gasteiger partial charge in [-0.25, -0.2) is 0 Å². The molecule has 0 rings (SSSR count). The zero-order chi connectivity index (χ0) is 8.15. The second kappa shape index (κ2) is 3.76. The Hall–Kier alpha value is -1.19. The molecule has 4 heteroatoms. The van der Waals surface area contributed by atoms with E-state index in [0.717, 1.165) is 0 Å². The van der Waals surface area contributed by atoms with Crippen molar-refractivity contribution in [3.63, 3.8) is 0 Å². The fourth-order valence-electron chi connectivity index (χ4n) is 0.398. The van der Waals surface area contributed by atoms with Crippen molar-refractivity contribution in [3.05, 3.63) is 0 Å². The van der Waals surface area contributed by atoms with E-state index in [4.69, 9.17) is 0 Å². The number of methoxy groups -OCH3 is 1. The third-order valence-corrected chi connectivity index (χ3v) is 1.05. The molecule has 0 radical (unpaired) electrons. The van der Waals surface area contributed by atoms with Crippen molar-refractivity contribution in [1.82, 2.24) is 0 Å². The van der Waals surface area contributed by atoms with E-state index in [0.29, 0.717) is 0 Å². The Balaban J connectivity index is 4.06. The van der Waals surface area contributed by atoms with Crippen molar-refractivity contribution in [2.45, 2.75) is 6.92 Å². The zero-order valence-corrected chi connectivity index (χ0v) is 5.92. The summed E-state index contributed by atoms with van der Waals surface area (Å²) >= 11 is 0. The van der Waals surface area contributed by atoms with Gasteiger partial charge in [0.1, 0.15) is 0 Å². The van der Waals surface area contributed by atoms with Crippen LogP contribution in [0.2, 0.25) is 0 Å². The predicted octanol–water partition coefficient (Wildman–Crippen LogP) is -0.314. The van der Waals surface area contributed by atoms with E-state index >= 15 is 0 Å². The molecule has 1 atom stereocenters. The highest BCUT2D eigenvalue weighted by Crippen LogP contribution is 1.97. The zero-order valence-electron chi connectivity index (χ0n) is 5.92. The van der Waals surface area contributed by atoms with Crippen LogP contribution in [-0.4, -0.2) is 25.8 Å². The third-order valence-electron chi connectivity index (χ3n) is 1.05. The molecule has 0 aromatic carbocycles. The van der Waals surface area contributed by atoms with Crippen LogP contribution in [-0.2, 0) is 18.8 Å². The van der Waals surface area contributed by atoms with Gasteiger partial charge in [0.2, 0.25) is 5.92 Å². The number of carbonyl (C=O) groups excluding carboxylic acids is 3. The molecule has 0 aliphatic heterocycles. The highest BCUT2D eigenvalue weighted by atomic mass is 16.5. The maximum atomic E-state index is 10.6. The number of hydrogen-bond donors (Lipinski definition) is 0. The SMILES string of the molecule is C=[O+]C(=O)C(C)C(=O)OC. The van der Waals surface area contributed by atoms with Crippen molar-refractivity contribution in [3.8, 4) is 0 Å². The number of hydrogen-bond acceptors (Lipinski definition) is 3. The topological polar surface area (TPSA) is 54.7 Å². The van der Waals surface area contributed by atoms with Gasteiger partial charge in [-0.05, 0) is 6.92 Å². The van der Waals surface area contributed by atoms with Crippen LogP contribution in [0, 0.1) is 5.92 Å². The van der Waals surface area contributed by atoms with Crippen molar-refractivity contribution >= 4 is 18.7 Å². The first-order valence-electron chi connectivity index (χ1n) is 2.67. The van der Waals surface area contributed by atoms with E-state index in [1.54, 1.807) is 0 Å². The lowest BCUT2D eigenvalue weighted by Crippen LogP contribution is -2.22. The van der Waals surface area contributed by atoms with Crippen LogP contribution >= 0.6 is 0 Å². The van der Waals surface area contributed by atoms with Gasteiger partial charge in [-0.1, -0.05) is 0 Å². The molecular formula is C6H9O4+. The van der Waals surface area contributed by atoms with Crippen LogP contribution in [0.1, 0.15) is 6.92 Å². The Morgan fingerprint density at radius 1 is 1.60 bits per heavy atom. The van der Waals surface area contributed by atoms with Crippen LogP contribution < -0.4 is 0 Å². The Kier molecular flexibility index (Phi) is 3.32. The fraction of sp³-hybridized carbons (Fsp3) is 0.500. The van der Waals surface area contributed by atoms with Gasteiger partial charge < -0.3 is 4.74 Å². The van der Waals surface area contributed by atoms with E-state index in [-0.39, 0.29) is 0 Å². The normalized spacial score (nSPS) is 11.8. The van der Waals surface area contributed by atoms with Gasteiger partial charge in [-0.2, -0.15) is 0 Å². The molecular weight excluding hydrogens is 136 g/mol. The molecule has 0 aromatic rings. The van der Waals surface area contributed by atoms with E-state index in [1.807, 2.05) is 0 Å². The van der Waals surface area contributed by atoms with Crippen molar-refractivity contribution in [2.24, 2.45) is 5.92 Å². The Labute approximate surface area is 58.5 Å². The van der Waals surface area contributed by atoms with Gasteiger partial charge in [-0.15, -0.1) is 0 Å². The molecule has 0 bridgehead atoms. The van der Waals surface area contributed by atoms with Crippen LogP contribution in [0.5, 0.6) is 0 Å². The third kappa shape index (κ3) is 1.97. The van der Waals surface area contributed by atoms with Gasteiger partial charge in [0.25, 0.3) is 0 Å². The van der Waals surface area contributed by atoms with Crippen molar-refractivity contribution < 1.29 is 18.8 Å². The molecule has 0 aliphatic carbocycles. The molecule has 0 saturated carbocycles. The standard InChI is InChI=1S/C6H9O4/c1-4(5(7)9-2)6(8)10-3/h4H,2H2,1,3H3/q+1. The molecule has 4 nitrogen and oxygen atoms in total. The largest absolute Gasteiger partial charge is 0.593 e. The van der Waals surface area contributed by atoms with E-state index in [1.165, 1.54) is 14.0 Å². The summed E-state index contributed by atoms with van der Waals surface area (Å²) in [5, 5.41) is 0. The van der Waals surface area contributed by atoms with Crippen molar-refractivity contribution in [1.29, 1.82) is 0 Å². The molecule has 0 saturated heterocycles. The second-order valence-electron chi connectivity index (χ2n) is 1.71. The minimum Gasteiger partial charge on any atom is -0.468 e. The fourth-order valence-corrected chi connectivity index (χ4v) is 0.398. The van der Waals surface area contributed by atoms with Gasteiger partial charge in [-0.3, -0.25) is 9.22 Å². The summed E-state index contributed by atoms with van der Waals surface area (Å²) in [4.78, 5) is 21.1. The molecule has 0 N–H and O–H groups in total. The highest BCUT2D eigenvalue weighted by molar-refractivity contribution is 5.92. The Morgan fingerprint density at radius 2 is 2.10 bits per heavy atom. The highest BCUT2D eigenvalue weighted by Gasteiger charge is 2.31. The molecule has 56 valence electrons. The summed E-state index contributed by atoms with van der Waals surface area (Å²) in [5.41, 5.74) is 0. The summed E-state index contributed by atoms with van der Waals surface area (Å²) in [6, 6.07) is 0. The minimum atomic E-state index is -0.887. The first-order chi connectivity index (χ1) is 4.63. The van der Waals surface area contributed by atoms with Crippen LogP contribution in [0.15, 0.2) is 0 Å². The van der Waals surface area contributed by atoms with Crippen molar-refractivity contribution in [2.75, 3.05) is 7.11 Å². The monoisotopic (exact) mass is 145 g/mol. The summed E-state index contributed by atoms with van der Waals surface area (Å²) in [7, 11) is 1.20. The quantitative estimate of drug-likeness (QED) is 0.304. The first kappa shape index (κ1) is 8.81. The Morgan fingerprint density at radius 3 is 2.40 bits per heavy atom. The van der Waals surface area contributed by atoms with E-state index in [2.05, 4.69) is 16.0 Å². The minimum absolute atomic E-state index is 0.617. The van der Waals surface area contributed by atoms with Crippen LogP contribution in [0.4, 0.5) is 0 Å². The van der Waals surface area contributed by atoms with Gasteiger partial charge in [0.05, 0.1) is 7.11 Å². The summed E-state index contributed by atoms with van der Waals surface area (Å²) in [6.45, 7) is 4.25. The van der Waals surface area contributed by atoms with Gasteiger partial charge in [0.15, 0.2) is 6.79 Å². The first-order valence-corrected chi connectivity index (χ1v) is 2.67. The average molecular weight is 145 g/mol. The molecule has 0 aromatic heterocycles. The number of rotatable bonds is 2. The van der Waals surface area contributed by atoms with Gasteiger partial charge >= 0.3 is 11.9 Å². The summed E-state index contributed by atoms with van der Waals surface area (Å²) < 4.78 is 8.31. The van der Waals surface area contributed by atoms with Gasteiger partial charge in [0, 0.05) is 4.79 Å². The lowest BCUT2D eigenvalue weighted by atomic mass is 10.2. The molecule has 0 amide bonds. The van der Waals surface area contributed by atoms with E-state index < -0.39 is 17.9 Å². The molecule has 0 aliphatic rings. The maximum Gasteiger partial charge on any atom is 0.593 e. The molecule has 0 fully saturated rings. The molecule has 0 heterocycles. The smallest absolute Gasteiger partial charge is 0.468 e. The lowest BCUT2D eigenvalue weighted by molar-refractivity contribution is -0.372. The number of carbonyl (C=O) groups is 2. The number of ether oxygens (including phenoxy) is 1. The maximum absolute atomic E-state index is 10.6. The molecule has 1 unspecified atom stereocenters. The molecule has 10 heavy (non-hydrogen) atoms. The predicted molar refractivity (Wildman–Crippen MR) is 33.3 cm³/mol. The summed E-state index contributed by atoms with van der Waals surface area (Å²) in [6.07, 6.45) is 0. The summed E-state index contributed by atoms with van der Waals surface area (Å²) in [5.74, 6) is -2.19. The number of esters is 1. The average Bonchev–Trinajstić information content (AvgIpc) is 2.00. The second-order valence-corrected chi connectivity index (χ2v) is 1.71. The van der Waals surface area contributed by atoms with E-state index in [9.17, 15) is 9.59 Å².